The molecule has 0 spiro atoms. The Morgan fingerprint density at radius 2 is 1.85 bits per heavy atom. The second-order valence-corrected chi connectivity index (χ2v) is 6.21. The Morgan fingerprint density at radius 1 is 1.10 bits per heavy atom. The van der Waals surface area contributed by atoms with E-state index in [1.807, 2.05) is 0 Å². The number of benzene rings is 1. The first-order chi connectivity index (χ1) is 9.45. The number of ether oxygens (including phenoxy) is 2. The lowest BCUT2D eigenvalue weighted by Crippen LogP contribution is -2.14. The van der Waals surface area contributed by atoms with Crippen LogP contribution in [0, 0.1) is 0 Å². The highest BCUT2D eigenvalue weighted by Gasteiger charge is 2.23. The van der Waals surface area contributed by atoms with Gasteiger partial charge >= 0.3 is 0 Å². The van der Waals surface area contributed by atoms with Gasteiger partial charge in [-0.2, -0.15) is 0 Å². The summed E-state index contributed by atoms with van der Waals surface area (Å²) in [6.07, 6.45) is 8.56. The highest BCUT2D eigenvalue weighted by molar-refractivity contribution is 5.52. The zero-order chi connectivity index (χ0) is 14.8. The summed E-state index contributed by atoms with van der Waals surface area (Å²) in [5.41, 5.74) is 3.75. The summed E-state index contributed by atoms with van der Waals surface area (Å²) in [6.45, 7) is 6.59. The minimum atomic E-state index is 0.0224. The molecule has 0 N–H and O–H groups in total. The molecule has 1 aliphatic carbocycles. The minimum Gasteiger partial charge on any atom is -0.497 e. The van der Waals surface area contributed by atoms with E-state index in [1.165, 1.54) is 16.7 Å². The molecular weight excluding hydrogens is 248 g/mol. The molecular formula is C18H24O2. The molecule has 0 amide bonds. The third-order valence-electron chi connectivity index (χ3n) is 3.63. The van der Waals surface area contributed by atoms with Crippen LogP contribution in [0.3, 0.4) is 0 Å². The summed E-state index contributed by atoms with van der Waals surface area (Å²) >= 11 is 0. The SMILES string of the molecule is COc1cc(CC2=CCC=C2)c(OC)c(C(C)(C)C)c1. The summed E-state index contributed by atoms with van der Waals surface area (Å²) in [5.74, 6) is 1.88. The molecule has 0 bridgehead atoms. The molecule has 108 valence electrons. The highest BCUT2D eigenvalue weighted by atomic mass is 16.5. The van der Waals surface area contributed by atoms with Crippen LogP contribution in [0.15, 0.2) is 35.9 Å². The standard InChI is InChI=1S/C18H24O2/c1-18(2,3)16-12-15(19-4)11-14(17(16)20-5)10-13-8-6-7-9-13/h6,8-9,11-12H,7,10H2,1-5H3. The van der Waals surface area contributed by atoms with Crippen molar-refractivity contribution in [3.63, 3.8) is 0 Å². The molecule has 0 saturated heterocycles. The van der Waals surface area contributed by atoms with Gasteiger partial charge in [0, 0.05) is 17.5 Å². The second-order valence-electron chi connectivity index (χ2n) is 6.21. The Bertz CT molecular complexity index is 545. The van der Waals surface area contributed by atoms with Crippen LogP contribution in [-0.4, -0.2) is 14.2 Å². The van der Waals surface area contributed by atoms with Crippen molar-refractivity contribution in [2.45, 2.75) is 39.0 Å². The topological polar surface area (TPSA) is 18.5 Å². The molecule has 0 aromatic heterocycles. The Hall–Kier alpha value is -1.70. The fraction of sp³-hybridized carbons (Fsp3) is 0.444. The monoisotopic (exact) mass is 272 g/mol. The van der Waals surface area contributed by atoms with E-state index in [2.05, 4.69) is 51.1 Å². The Morgan fingerprint density at radius 3 is 2.35 bits per heavy atom. The van der Waals surface area contributed by atoms with E-state index in [9.17, 15) is 0 Å². The van der Waals surface area contributed by atoms with Gasteiger partial charge in [-0.1, -0.05) is 39.0 Å². The van der Waals surface area contributed by atoms with Crippen molar-refractivity contribution in [2.24, 2.45) is 0 Å². The lowest BCUT2D eigenvalue weighted by atomic mass is 9.84. The molecule has 0 unspecified atom stereocenters. The molecule has 2 heteroatoms. The van der Waals surface area contributed by atoms with Gasteiger partial charge in [-0.05, 0) is 29.5 Å². The quantitative estimate of drug-likeness (QED) is 0.807. The third kappa shape index (κ3) is 3.06. The van der Waals surface area contributed by atoms with Crippen LogP contribution in [0.2, 0.25) is 0 Å². The Labute approximate surface area is 122 Å². The first kappa shape index (κ1) is 14.7. The molecule has 2 nitrogen and oxygen atoms in total. The normalized spacial score (nSPS) is 14.3. The van der Waals surface area contributed by atoms with Gasteiger partial charge in [0.05, 0.1) is 14.2 Å². The van der Waals surface area contributed by atoms with E-state index in [0.717, 1.165) is 24.3 Å². The highest BCUT2D eigenvalue weighted by Crippen LogP contribution is 2.38. The second kappa shape index (κ2) is 5.74. The first-order valence-electron chi connectivity index (χ1n) is 7.06. The van der Waals surface area contributed by atoms with E-state index < -0.39 is 0 Å². The van der Waals surface area contributed by atoms with Crippen molar-refractivity contribution in [3.8, 4) is 11.5 Å². The smallest absolute Gasteiger partial charge is 0.126 e. The van der Waals surface area contributed by atoms with Crippen LogP contribution in [0.25, 0.3) is 0 Å². The molecule has 20 heavy (non-hydrogen) atoms. The Balaban J connectivity index is 2.50. The largest absolute Gasteiger partial charge is 0.497 e. The Kier molecular flexibility index (Phi) is 4.22. The van der Waals surface area contributed by atoms with Crippen LogP contribution < -0.4 is 9.47 Å². The fourth-order valence-electron chi connectivity index (χ4n) is 2.56. The molecule has 1 aromatic carbocycles. The van der Waals surface area contributed by atoms with Crippen molar-refractivity contribution >= 4 is 0 Å². The summed E-state index contributed by atoms with van der Waals surface area (Å²) < 4.78 is 11.2. The average molecular weight is 272 g/mol. The van der Waals surface area contributed by atoms with E-state index in [1.54, 1.807) is 14.2 Å². The van der Waals surface area contributed by atoms with Gasteiger partial charge in [0.25, 0.3) is 0 Å². The lowest BCUT2D eigenvalue weighted by Gasteiger charge is -2.25. The van der Waals surface area contributed by atoms with Crippen molar-refractivity contribution in [1.29, 1.82) is 0 Å². The summed E-state index contributed by atoms with van der Waals surface area (Å²) in [5, 5.41) is 0. The number of rotatable bonds is 4. The molecule has 1 aliphatic rings. The summed E-state index contributed by atoms with van der Waals surface area (Å²) in [6, 6.07) is 4.17. The molecule has 0 heterocycles. The summed E-state index contributed by atoms with van der Waals surface area (Å²) in [4.78, 5) is 0. The molecule has 0 aliphatic heterocycles. The molecule has 0 radical (unpaired) electrons. The van der Waals surface area contributed by atoms with Gasteiger partial charge < -0.3 is 9.47 Å². The van der Waals surface area contributed by atoms with Crippen molar-refractivity contribution < 1.29 is 9.47 Å². The number of hydrogen-bond donors (Lipinski definition) is 0. The predicted molar refractivity (Wildman–Crippen MR) is 83.8 cm³/mol. The van der Waals surface area contributed by atoms with Gasteiger partial charge in [-0.25, -0.2) is 0 Å². The van der Waals surface area contributed by atoms with Gasteiger partial charge in [0.1, 0.15) is 11.5 Å². The van der Waals surface area contributed by atoms with Crippen LogP contribution in [0.4, 0.5) is 0 Å². The molecule has 1 aromatic rings. The van der Waals surface area contributed by atoms with E-state index in [4.69, 9.17) is 9.47 Å². The van der Waals surface area contributed by atoms with E-state index in [0.29, 0.717) is 0 Å². The fourth-order valence-corrected chi connectivity index (χ4v) is 2.56. The number of allylic oxidation sites excluding steroid dienone is 4. The minimum absolute atomic E-state index is 0.0224. The van der Waals surface area contributed by atoms with E-state index >= 15 is 0 Å². The van der Waals surface area contributed by atoms with Gasteiger partial charge in [0.2, 0.25) is 0 Å². The van der Waals surface area contributed by atoms with Gasteiger partial charge in [-0.15, -0.1) is 0 Å². The van der Waals surface area contributed by atoms with Crippen molar-refractivity contribution in [1.82, 2.24) is 0 Å². The maximum atomic E-state index is 5.71. The number of methoxy groups -OCH3 is 2. The van der Waals surface area contributed by atoms with Crippen LogP contribution >= 0.6 is 0 Å². The molecule has 0 saturated carbocycles. The van der Waals surface area contributed by atoms with Crippen LogP contribution in [0.1, 0.15) is 38.3 Å². The lowest BCUT2D eigenvalue weighted by molar-refractivity contribution is 0.384. The molecule has 2 rings (SSSR count). The van der Waals surface area contributed by atoms with Crippen LogP contribution in [-0.2, 0) is 11.8 Å². The van der Waals surface area contributed by atoms with Gasteiger partial charge in [0.15, 0.2) is 0 Å². The van der Waals surface area contributed by atoms with Crippen molar-refractivity contribution in [2.75, 3.05) is 14.2 Å². The average Bonchev–Trinajstić information content (AvgIpc) is 2.89. The molecule has 0 fully saturated rings. The van der Waals surface area contributed by atoms with Crippen LogP contribution in [0.5, 0.6) is 11.5 Å². The maximum absolute atomic E-state index is 5.71. The summed E-state index contributed by atoms with van der Waals surface area (Å²) in [7, 11) is 3.46. The predicted octanol–water partition coefficient (Wildman–Crippen LogP) is 4.43. The third-order valence-corrected chi connectivity index (χ3v) is 3.63. The maximum Gasteiger partial charge on any atom is 0.126 e. The van der Waals surface area contributed by atoms with E-state index in [-0.39, 0.29) is 5.41 Å². The molecule has 0 atom stereocenters. The number of hydrogen-bond acceptors (Lipinski definition) is 2. The zero-order valence-electron chi connectivity index (χ0n) is 13.1. The first-order valence-corrected chi connectivity index (χ1v) is 7.06. The van der Waals surface area contributed by atoms with Gasteiger partial charge in [-0.3, -0.25) is 0 Å². The zero-order valence-corrected chi connectivity index (χ0v) is 13.1. The van der Waals surface area contributed by atoms with Crippen molar-refractivity contribution in [3.05, 3.63) is 47.1 Å².